The molecule has 10 heteroatoms. The fourth-order valence-corrected chi connectivity index (χ4v) is 6.01. The molecule has 1 aromatic carbocycles. The van der Waals surface area contributed by atoms with Crippen LogP contribution in [0.2, 0.25) is 0 Å². The summed E-state index contributed by atoms with van der Waals surface area (Å²) in [5, 5.41) is 9.27. The molecule has 8 nitrogen and oxygen atoms in total. The number of fused-ring (bicyclic) bond motifs is 1. The van der Waals surface area contributed by atoms with Gasteiger partial charge in [-0.25, -0.2) is 4.98 Å². The van der Waals surface area contributed by atoms with Gasteiger partial charge < -0.3 is 10.0 Å². The Hall–Kier alpha value is -3.05. The molecule has 1 atom stereocenters. The Morgan fingerprint density at radius 3 is 2.53 bits per heavy atom. The predicted octanol–water partition coefficient (Wildman–Crippen LogP) is 2.77. The number of hydrogen-bond acceptors (Lipinski definition) is 8. The molecule has 0 unspecified atom stereocenters. The Morgan fingerprint density at radius 1 is 1.08 bits per heavy atom. The molecule has 0 saturated carbocycles. The van der Waals surface area contributed by atoms with Crippen LogP contribution in [0.4, 0.5) is 5.82 Å². The van der Waals surface area contributed by atoms with Crippen molar-refractivity contribution in [3.8, 4) is 0 Å². The smallest absolute Gasteiger partial charge is 0.267 e. The fraction of sp³-hybridized carbons (Fsp3) is 0.308. The maximum atomic E-state index is 13.6. The summed E-state index contributed by atoms with van der Waals surface area (Å²) in [5.74, 6) is 0.355. The number of aliphatic hydroxyl groups is 1. The molecule has 1 N–H and O–H groups in total. The van der Waals surface area contributed by atoms with Crippen LogP contribution in [-0.2, 0) is 4.79 Å². The van der Waals surface area contributed by atoms with Gasteiger partial charge in [-0.1, -0.05) is 60.4 Å². The number of thiocarbonyl (C=S) groups is 1. The predicted molar refractivity (Wildman–Crippen MR) is 147 cm³/mol. The topological polar surface area (TPSA) is 81.4 Å². The van der Waals surface area contributed by atoms with Crippen molar-refractivity contribution >= 4 is 51.7 Å². The second-order valence-corrected chi connectivity index (χ2v) is 10.4. The van der Waals surface area contributed by atoms with Gasteiger partial charge in [-0.15, -0.1) is 0 Å². The SMILES string of the molecule is C[C@@H](c1ccccc1)N1C(=O)/C(=C\c2c(N3CCN(CCO)CC3)nc3ccccn3c2=O)SC1=S. The Bertz CT molecular complexity index is 1380. The number of β-amino-alcohol motifs (C(OH)–C–C–N with tert-alkyl or cyclic N) is 1. The van der Waals surface area contributed by atoms with Crippen molar-refractivity contribution in [2.45, 2.75) is 13.0 Å². The van der Waals surface area contributed by atoms with Crippen LogP contribution in [-0.4, -0.2) is 73.8 Å². The summed E-state index contributed by atoms with van der Waals surface area (Å²) in [6, 6.07) is 15.0. The minimum atomic E-state index is -0.227. The Labute approximate surface area is 218 Å². The molecule has 2 fully saturated rings. The summed E-state index contributed by atoms with van der Waals surface area (Å²) < 4.78 is 1.97. The largest absolute Gasteiger partial charge is 0.395 e. The van der Waals surface area contributed by atoms with E-state index in [0.717, 1.165) is 18.7 Å². The molecule has 2 aromatic heterocycles. The third-order valence-corrected chi connectivity index (χ3v) is 7.94. The number of aliphatic hydroxyl groups excluding tert-OH is 1. The highest BCUT2D eigenvalue weighted by Gasteiger charge is 2.36. The van der Waals surface area contributed by atoms with Gasteiger partial charge in [0.15, 0.2) is 0 Å². The molecule has 0 bridgehead atoms. The third kappa shape index (κ3) is 4.69. The molecule has 36 heavy (non-hydrogen) atoms. The van der Waals surface area contributed by atoms with Crippen molar-refractivity contribution in [3.63, 3.8) is 0 Å². The number of anilines is 1. The first-order valence-corrected chi connectivity index (χ1v) is 13.1. The maximum Gasteiger partial charge on any atom is 0.267 e. The van der Waals surface area contributed by atoms with Gasteiger partial charge in [0.1, 0.15) is 15.8 Å². The lowest BCUT2D eigenvalue weighted by Gasteiger charge is -2.35. The van der Waals surface area contributed by atoms with Gasteiger partial charge in [0.2, 0.25) is 0 Å². The van der Waals surface area contributed by atoms with E-state index in [9.17, 15) is 14.7 Å². The molecule has 4 heterocycles. The van der Waals surface area contributed by atoms with E-state index in [1.807, 2.05) is 43.3 Å². The normalized spacial score (nSPS) is 19.0. The Kier molecular flexibility index (Phi) is 7.20. The zero-order chi connectivity index (χ0) is 25.2. The fourth-order valence-electron chi connectivity index (χ4n) is 4.61. The zero-order valence-corrected chi connectivity index (χ0v) is 21.5. The van der Waals surface area contributed by atoms with Crippen LogP contribution < -0.4 is 10.5 Å². The van der Waals surface area contributed by atoms with Gasteiger partial charge in [-0.05, 0) is 30.7 Å². The lowest BCUT2D eigenvalue weighted by molar-refractivity contribution is -0.123. The van der Waals surface area contributed by atoms with Crippen molar-refractivity contribution < 1.29 is 9.90 Å². The number of hydrogen-bond donors (Lipinski definition) is 1. The van der Waals surface area contributed by atoms with E-state index < -0.39 is 0 Å². The minimum absolute atomic E-state index is 0.115. The van der Waals surface area contributed by atoms with Crippen LogP contribution in [0.3, 0.4) is 0 Å². The van der Waals surface area contributed by atoms with Crippen molar-refractivity contribution in [2.24, 2.45) is 0 Å². The highest BCUT2D eigenvalue weighted by atomic mass is 32.2. The minimum Gasteiger partial charge on any atom is -0.395 e. The monoisotopic (exact) mass is 521 g/mol. The molecule has 186 valence electrons. The molecule has 0 aliphatic carbocycles. The van der Waals surface area contributed by atoms with E-state index in [4.69, 9.17) is 17.2 Å². The Balaban J connectivity index is 1.53. The average Bonchev–Trinajstić information content (AvgIpc) is 3.18. The molecule has 2 saturated heterocycles. The lowest BCUT2D eigenvalue weighted by atomic mass is 10.1. The summed E-state index contributed by atoms with van der Waals surface area (Å²) in [7, 11) is 0. The molecule has 5 rings (SSSR count). The van der Waals surface area contributed by atoms with E-state index in [1.165, 1.54) is 16.2 Å². The van der Waals surface area contributed by atoms with Crippen molar-refractivity contribution in [3.05, 3.63) is 81.1 Å². The number of thioether (sulfide) groups is 1. The van der Waals surface area contributed by atoms with Gasteiger partial charge in [0.25, 0.3) is 11.5 Å². The van der Waals surface area contributed by atoms with Crippen molar-refractivity contribution in [1.82, 2.24) is 19.2 Å². The zero-order valence-electron chi connectivity index (χ0n) is 19.9. The molecule has 3 aromatic rings. The van der Waals surface area contributed by atoms with Crippen LogP contribution in [0.5, 0.6) is 0 Å². The van der Waals surface area contributed by atoms with E-state index in [1.54, 1.807) is 29.3 Å². The lowest BCUT2D eigenvalue weighted by Crippen LogP contribution is -2.48. The van der Waals surface area contributed by atoms with Crippen molar-refractivity contribution in [2.75, 3.05) is 44.2 Å². The van der Waals surface area contributed by atoms with Gasteiger partial charge in [0, 0.05) is 38.9 Å². The van der Waals surface area contributed by atoms with Crippen LogP contribution in [0.25, 0.3) is 11.7 Å². The van der Waals surface area contributed by atoms with Crippen molar-refractivity contribution in [1.29, 1.82) is 0 Å². The van der Waals surface area contributed by atoms with E-state index in [2.05, 4.69) is 9.80 Å². The number of rotatable bonds is 6. The second-order valence-electron chi connectivity index (χ2n) is 8.77. The number of carbonyl (C=O) groups excluding carboxylic acids is 1. The van der Waals surface area contributed by atoms with Crippen LogP contribution in [0.15, 0.2) is 64.4 Å². The molecular formula is C26H27N5O3S2. The van der Waals surface area contributed by atoms with Gasteiger partial charge in [0.05, 0.1) is 23.1 Å². The second kappa shape index (κ2) is 10.5. The maximum absolute atomic E-state index is 13.6. The van der Waals surface area contributed by atoms with E-state index >= 15 is 0 Å². The van der Waals surface area contributed by atoms with Gasteiger partial charge in [-0.2, -0.15) is 0 Å². The number of amides is 1. The van der Waals surface area contributed by atoms with Crippen LogP contribution in [0, 0.1) is 0 Å². The number of piperazine rings is 1. The number of carbonyl (C=O) groups is 1. The number of pyridine rings is 1. The first-order valence-electron chi connectivity index (χ1n) is 11.9. The van der Waals surface area contributed by atoms with Crippen LogP contribution in [0.1, 0.15) is 24.1 Å². The summed E-state index contributed by atoms with van der Waals surface area (Å²) in [5.41, 5.74) is 1.69. The quantitative estimate of drug-likeness (QED) is 0.392. The number of nitrogens with zero attached hydrogens (tertiary/aromatic N) is 5. The summed E-state index contributed by atoms with van der Waals surface area (Å²) >= 11 is 6.80. The molecule has 2 aliphatic rings. The molecule has 2 aliphatic heterocycles. The van der Waals surface area contributed by atoms with Gasteiger partial charge in [-0.3, -0.25) is 23.8 Å². The summed E-state index contributed by atoms with van der Waals surface area (Å²) in [6.07, 6.45) is 3.34. The van der Waals surface area contributed by atoms with E-state index in [-0.39, 0.29) is 24.1 Å². The van der Waals surface area contributed by atoms with Gasteiger partial charge >= 0.3 is 0 Å². The summed E-state index contributed by atoms with van der Waals surface area (Å²) in [4.78, 5) is 38.2. The third-order valence-electron chi connectivity index (χ3n) is 6.61. The molecule has 0 radical (unpaired) electrons. The standard InChI is InChI=1S/C26H27N5O3S2/c1-18(19-7-3-2-4-8-19)31-25(34)21(36-26(31)35)17-20-23(29-13-11-28(12-14-29)15-16-32)27-22-9-5-6-10-30(22)24(20)33/h2-10,17-18,32H,11-16H2,1H3/b21-17+/t18-/m0/s1. The Morgan fingerprint density at radius 2 is 1.81 bits per heavy atom. The van der Waals surface area contributed by atoms with Crippen LogP contribution >= 0.6 is 24.0 Å². The first kappa shape index (κ1) is 24.6. The number of benzene rings is 1. The van der Waals surface area contributed by atoms with E-state index in [0.29, 0.717) is 45.9 Å². The highest BCUT2D eigenvalue weighted by molar-refractivity contribution is 8.26. The molecule has 1 amide bonds. The average molecular weight is 522 g/mol. The highest BCUT2D eigenvalue weighted by Crippen LogP contribution is 2.38. The number of aromatic nitrogens is 2. The molecular weight excluding hydrogens is 494 g/mol. The molecule has 0 spiro atoms. The first-order chi connectivity index (χ1) is 17.5. The summed E-state index contributed by atoms with van der Waals surface area (Å²) in [6.45, 7) is 5.54.